The zero-order valence-electron chi connectivity index (χ0n) is 16.9. The number of H-pyrrole nitrogens is 2. The number of nitrogens with zero attached hydrogens (tertiary/aromatic N) is 5. The third-order valence-electron chi connectivity index (χ3n) is 5.75. The zero-order chi connectivity index (χ0) is 21.8. The first-order chi connectivity index (χ1) is 15.5. The van der Waals surface area contributed by atoms with Gasteiger partial charge in [0.05, 0.1) is 24.4 Å². The number of anilines is 1. The average molecular weight is 432 g/mol. The summed E-state index contributed by atoms with van der Waals surface area (Å²) in [7, 11) is 0. The average Bonchev–Trinajstić information content (AvgIpc) is 3.29. The SMILES string of the molecule is O=c1[nH]c(O)c(/C=c2\cnn3c(=NC4CC4)nc(N[C@@H]4c5ccccc5C[C@H]4O)nc23)[nH]1. The van der Waals surface area contributed by atoms with Crippen LogP contribution in [0.3, 0.4) is 0 Å². The highest BCUT2D eigenvalue weighted by atomic mass is 16.3. The molecule has 11 heteroatoms. The van der Waals surface area contributed by atoms with Gasteiger partial charge in [0.1, 0.15) is 5.69 Å². The second-order valence-corrected chi connectivity index (χ2v) is 8.12. The smallest absolute Gasteiger partial charge is 0.326 e. The van der Waals surface area contributed by atoms with Crippen LogP contribution in [0.15, 0.2) is 40.2 Å². The summed E-state index contributed by atoms with van der Waals surface area (Å²) in [6.07, 6.45) is 5.11. The highest BCUT2D eigenvalue weighted by Gasteiger charge is 2.31. The molecule has 0 unspecified atom stereocenters. The molecule has 1 fully saturated rings. The maximum absolute atomic E-state index is 11.5. The standard InChI is InChI=1S/C21H20N8O3/c30-15-8-10-3-1-2-4-13(10)16(15)25-19-26-17-11(7-14-18(31)27-21(32)24-14)9-22-29(17)20(28-19)23-12-5-6-12/h1-4,7,9,12,15-16,30-31H,5-6,8H2,(H,23,25,28)(H2,24,27,32)/b11-7+/t15-,16-/m1/s1. The molecule has 0 aliphatic heterocycles. The number of nitrogens with one attached hydrogen (secondary N) is 3. The van der Waals surface area contributed by atoms with Gasteiger partial charge in [0.2, 0.25) is 11.8 Å². The van der Waals surface area contributed by atoms with Crippen LogP contribution in [0, 0.1) is 0 Å². The predicted octanol–water partition coefficient (Wildman–Crippen LogP) is -0.473. The van der Waals surface area contributed by atoms with Crippen LogP contribution in [0.25, 0.3) is 11.7 Å². The molecular formula is C21H20N8O3. The van der Waals surface area contributed by atoms with Crippen molar-refractivity contribution in [1.29, 1.82) is 0 Å². The summed E-state index contributed by atoms with van der Waals surface area (Å²) in [6.45, 7) is 0. The maximum Gasteiger partial charge on any atom is 0.326 e. The lowest BCUT2D eigenvalue weighted by atomic mass is 10.1. The van der Waals surface area contributed by atoms with Crippen LogP contribution in [-0.4, -0.2) is 51.9 Å². The second-order valence-electron chi connectivity index (χ2n) is 8.12. The number of aromatic amines is 2. The quantitative estimate of drug-likeness (QED) is 0.292. The Hall–Kier alpha value is -3.99. The van der Waals surface area contributed by atoms with E-state index in [9.17, 15) is 15.0 Å². The van der Waals surface area contributed by atoms with E-state index < -0.39 is 11.8 Å². The Morgan fingerprint density at radius 1 is 1.22 bits per heavy atom. The summed E-state index contributed by atoms with van der Waals surface area (Å²) in [5.74, 6) is 0.0509. The first-order valence-electron chi connectivity index (χ1n) is 10.4. The first-order valence-corrected chi connectivity index (χ1v) is 10.4. The number of rotatable bonds is 4. The number of hydrogen-bond donors (Lipinski definition) is 5. The highest BCUT2D eigenvalue weighted by molar-refractivity contribution is 5.57. The van der Waals surface area contributed by atoms with Crippen LogP contribution in [0.2, 0.25) is 0 Å². The number of aliphatic hydroxyl groups excluding tert-OH is 1. The van der Waals surface area contributed by atoms with E-state index in [0.29, 0.717) is 28.9 Å². The van der Waals surface area contributed by atoms with Crippen LogP contribution in [-0.2, 0) is 6.42 Å². The van der Waals surface area contributed by atoms with E-state index >= 15 is 0 Å². The van der Waals surface area contributed by atoms with Crippen LogP contribution in [0.4, 0.5) is 5.95 Å². The molecule has 2 atom stereocenters. The van der Waals surface area contributed by atoms with E-state index in [2.05, 4.69) is 35.3 Å². The van der Waals surface area contributed by atoms with Crippen LogP contribution >= 0.6 is 0 Å². The largest absolute Gasteiger partial charge is 0.493 e. The predicted molar refractivity (Wildman–Crippen MR) is 114 cm³/mol. The molecule has 4 aromatic rings. The Morgan fingerprint density at radius 2 is 2.06 bits per heavy atom. The van der Waals surface area contributed by atoms with Gasteiger partial charge in [-0.2, -0.15) is 19.6 Å². The van der Waals surface area contributed by atoms with E-state index in [-0.39, 0.29) is 23.7 Å². The monoisotopic (exact) mass is 432 g/mol. The topological polar surface area (TPSA) is 157 Å². The van der Waals surface area contributed by atoms with Gasteiger partial charge in [-0.05, 0) is 30.0 Å². The van der Waals surface area contributed by atoms with Gasteiger partial charge in [0, 0.05) is 11.6 Å². The summed E-state index contributed by atoms with van der Waals surface area (Å²) < 4.78 is 1.54. The molecule has 11 nitrogen and oxygen atoms in total. The normalized spacial score (nSPS) is 21.4. The molecule has 0 amide bonds. The number of aromatic hydroxyl groups is 1. The van der Waals surface area contributed by atoms with Crippen molar-refractivity contribution in [2.45, 2.75) is 37.5 Å². The molecule has 1 saturated carbocycles. The van der Waals surface area contributed by atoms with Gasteiger partial charge < -0.3 is 20.5 Å². The van der Waals surface area contributed by atoms with Crippen molar-refractivity contribution in [2.75, 3.05) is 5.32 Å². The second kappa shape index (κ2) is 7.02. The van der Waals surface area contributed by atoms with Gasteiger partial charge in [-0.3, -0.25) is 4.98 Å². The molecule has 3 aromatic heterocycles. The van der Waals surface area contributed by atoms with E-state index in [0.717, 1.165) is 24.0 Å². The zero-order valence-corrected chi connectivity index (χ0v) is 16.9. The van der Waals surface area contributed by atoms with Crippen LogP contribution in [0.1, 0.15) is 35.7 Å². The minimum atomic E-state index is -0.603. The van der Waals surface area contributed by atoms with E-state index in [1.165, 1.54) is 4.52 Å². The molecule has 0 bridgehead atoms. The number of benzene rings is 1. The molecule has 6 rings (SSSR count). The molecule has 2 aliphatic rings. The van der Waals surface area contributed by atoms with Crippen molar-refractivity contribution >= 4 is 17.7 Å². The van der Waals surface area contributed by atoms with Gasteiger partial charge in [0.25, 0.3) is 5.62 Å². The Balaban J connectivity index is 1.49. The fraction of sp³-hybridized carbons (Fsp3) is 0.286. The van der Waals surface area contributed by atoms with Gasteiger partial charge in [-0.15, -0.1) is 0 Å². The lowest BCUT2D eigenvalue weighted by Gasteiger charge is -2.17. The summed E-state index contributed by atoms with van der Waals surface area (Å²) >= 11 is 0. The highest BCUT2D eigenvalue weighted by Crippen LogP contribution is 2.33. The summed E-state index contributed by atoms with van der Waals surface area (Å²) in [5.41, 5.74) is 2.68. The van der Waals surface area contributed by atoms with Crippen molar-refractivity contribution in [1.82, 2.24) is 29.5 Å². The van der Waals surface area contributed by atoms with Gasteiger partial charge >= 0.3 is 5.69 Å². The van der Waals surface area contributed by atoms with Crippen molar-refractivity contribution < 1.29 is 10.2 Å². The van der Waals surface area contributed by atoms with Crippen LogP contribution < -0.4 is 21.8 Å². The molecule has 2 aliphatic carbocycles. The van der Waals surface area contributed by atoms with Crippen LogP contribution in [0.5, 0.6) is 5.88 Å². The fourth-order valence-corrected chi connectivity index (χ4v) is 4.03. The first kappa shape index (κ1) is 18.8. The number of fused-ring (bicyclic) bond motifs is 2. The third-order valence-corrected chi connectivity index (χ3v) is 5.75. The minimum absolute atomic E-state index is 0.209. The molecule has 5 N–H and O–H groups in total. The molecule has 0 radical (unpaired) electrons. The Morgan fingerprint density at radius 3 is 2.84 bits per heavy atom. The van der Waals surface area contributed by atoms with E-state index in [4.69, 9.17) is 0 Å². The number of imidazole rings is 1. The van der Waals surface area contributed by atoms with Crippen molar-refractivity contribution in [2.24, 2.45) is 4.99 Å². The van der Waals surface area contributed by atoms with Gasteiger partial charge in [-0.1, -0.05) is 24.3 Å². The molecule has 0 saturated heterocycles. The van der Waals surface area contributed by atoms with Gasteiger partial charge in [0.15, 0.2) is 5.65 Å². The molecule has 3 heterocycles. The molecule has 0 spiro atoms. The number of aliphatic hydroxyl groups is 1. The summed E-state index contributed by atoms with van der Waals surface area (Å²) in [5, 5.41) is 28.7. The molecule has 162 valence electrons. The van der Waals surface area contributed by atoms with E-state index in [1.807, 2.05) is 24.3 Å². The molecule has 32 heavy (non-hydrogen) atoms. The molecule has 1 aromatic carbocycles. The third kappa shape index (κ3) is 3.23. The summed E-state index contributed by atoms with van der Waals surface area (Å²) in [6, 6.07) is 7.76. The van der Waals surface area contributed by atoms with Crippen molar-refractivity contribution in [3.63, 3.8) is 0 Å². The van der Waals surface area contributed by atoms with Gasteiger partial charge in [-0.25, -0.2) is 9.79 Å². The van der Waals surface area contributed by atoms with Crippen molar-refractivity contribution in [3.05, 3.63) is 68.6 Å². The lowest BCUT2D eigenvalue weighted by molar-refractivity contribution is 0.165. The number of hydrogen-bond acceptors (Lipinski definition) is 8. The lowest BCUT2D eigenvalue weighted by Crippen LogP contribution is -2.28. The van der Waals surface area contributed by atoms with E-state index in [1.54, 1.807) is 12.3 Å². The Bertz CT molecular complexity index is 1510. The Kier molecular flexibility index (Phi) is 4.12. The number of aromatic nitrogens is 6. The minimum Gasteiger partial charge on any atom is -0.493 e. The summed E-state index contributed by atoms with van der Waals surface area (Å²) in [4.78, 5) is 30.1. The van der Waals surface area contributed by atoms with Crippen molar-refractivity contribution in [3.8, 4) is 5.88 Å². The fourth-order valence-electron chi connectivity index (χ4n) is 4.03. The maximum atomic E-state index is 11.5. The molecular weight excluding hydrogens is 412 g/mol. The Labute approximate surface area is 180 Å².